The SMILES string of the molecule is CNNC(=Nc1cc(Cl)c(C#N)c(Cl)c1)SC. The first-order chi connectivity index (χ1) is 8.12. The lowest BCUT2D eigenvalue weighted by Gasteiger charge is -2.06. The maximum atomic E-state index is 8.82. The number of hydrazine groups is 1. The zero-order valence-electron chi connectivity index (χ0n) is 9.21. The van der Waals surface area contributed by atoms with Gasteiger partial charge in [0.1, 0.15) is 6.07 Å². The molecule has 1 rings (SSSR count). The summed E-state index contributed by atoms with van der Waals surface area (Å²) in [5.74, 6) is 0. The number of halogens is 2. The third-order valence-electron chi connectivity index (χ3n) is 1.79. The number of nitriles is 1. The summed E-state index contributed by atoms with van der Waals surface area (Å²) in [4.78, 5) is 4.29. The molecule has 90 valence electrons. The standard InChI is InChI=1S/C10H10Cl2N4S/c1-14-16-10(17-2)15-6-3-8(11)7(5-13)9(12)4-6/h3-4,14H,1-2H3,(H,15,16). The van der Waals surface area contributed by atoms with E-state index in [-0.39, 0.29) is 5.56 Å². The second kappa shape index (κ2) is 6.72. The Morgan fingerprint density at radius 3 is 2.41 bits per heavy atom. The van der Waals surface area contributed by atoms with Crippen LogP contribution in [0.2, 0.25) is 10.0 Å². The number of nitrogens with zero attached hydrogens (tertiary/aromatic N) is 2. The van der Waals surface area contributed by atoms with Crippen LogP contribution in [-0.4, -0.2) is 18.5 Å². The highest BCUT2D eigenvalue weighted by atomic mass is 35.5. The first-order valence-corrected chi connectivity index (χ1v) is 6.55. The Morgan fingerprint density at radius 1 is 1.41 bits per heavy atom. The summed E-state index contributed by atoms with van der Waals surface area (Å²) in [6.07, 6.45) is 1.88. The molecular formula is C10H10Cl2N4S. The predicted molar refractivity (Wildman–Crippen MR) is 74.0 cm³/mol. The third kappa shape index (κ3) is 3.79. The molecule has 4 nitrogen and oxygen atoms in total. The van der Waals surface area contributed by atoms with E-state index in [0.29, 0.717) is 20.9 Å². The van der Waals surface area contributed by atoms with Crippen molar-refractivity contribution in [1.82, 2.24) is 10.9 Å². The van der Waals surface area contributed by atoms with Gasteiger partial charge in [-0.25, -0.2) is 10.4 Å². The molecule has 0 aliphatic heterocycles. The first kappa shape index (κ1) is 14.1. The monoisotopic (exact) mass is 288 g/mol. The molecule has 0 aromatic heterocycles. The highest BCUT2D eigenvalue weighted by Crippen LogP contribution is 2.30. The molecule has 0 radical (unpaired) electrons. The first-order valence-electron chi connectivity index (χ1n) is 4.57. The number of hydrogen-bond acceptors (Lipinski definition) is 4. The number of benzene rings is 1. The van der Waals surface area contributed by atoms with Crippen LogP contribution in [-0.2, 0) is 0 Å². The number of amidine groups is 1. The van der Waals surface area contributed by atoms with Crippen LogP contribution in [0, 0.1) is 11.3 Å². The third-order valence-corrected chi connectivity index (χ3v) is 2.97. The smallest absolute Gasteiger partial charge is 0.175 e. The van der Waals surface area contributed by atoms with Crippen molar-refractivity contribution in [1.29, 1.82) is 5.26 Å². The maximum absolute atomic E-state index is 8.82. The van der Waals surface area contributed by atoms with E-state index >= 15 is 0 Å². The maximum Gasteiger partial charge on any atom is 0.175 e. The van der Waals surface area contributed by atoms with E-state index in [0.717, 1.165) is 0 Å². The Balaban J connectivity index is 3.13. The molecule has 0 spiro atoms. The molecule has 0 atom stereocenters. The van der Waals surface area contributed by atoms with E-state index in [1.54, 1.807) is 19.2 Å². The summed E-state index contributed by atoms with van der Waals surface area (Å²) in [7, 11) is 1.74. The van der Waals surface area contributed by atoms with Gasteiger partial charge in [-0.3, -0.25) is 0 Å². The van der Waals surface area contributed by atoms with E-state index < -0.39 is 0 Å². The van der Waals surface area contributed by atoms with Crippen LogP contribution >= 0.6 is 35.0 Å². The Labute approximate surface area is 114 Å². The van der Waals surface area contributed by atoms with E-state index in [1.165, 1.54) is 11.8 Å². The van der Waals surface area contributed by atoms with Crippen molar-refractivity contribution in [2.24, 2.45) is 4.99 Å². The van der Waals surface area contributed by atoms with Gasteiger partial charge in [0.05, 0.1) is 21.3 Å². The van der Waals surface area contributed by atoms with Gasteiger partial charge in [0.15, 0.2) is 5.17 Å². The predicted octanol–water partition coefficient (Wildman–Crippen LogP) is 2.94. The van der Waals surface area contributed by atoms with Gasteiger partial charge in [0.2, 0.25) is 0 Å². The highest BCUT2D eigenvalue weighted by Gasteiger charge is 2.07. The van der Waals surface area contributed by atoms with E-state index in [9.17, 15) is 0 Å². The largest absolute Gasteiger partial charge is 0.301 e. The Kier molecular flexibility index (Phi) is 5.59. The number of thioether (sulfide) groups is 1. The summed E-state index contributed by atoms with van der Waals surface area (Å²) in [6, 6.07) is 5.13. The summed E-state index contributed by atoms with van der Waals surface area (Å²) in [5, 5.41) is 10.1. The molecule has 0 aliphatic carbocycles. The van der Waals surface area contributed by atoms with Crippen LogP contribution in [0.4, 0.5) is 5.69 Å². The second-order valence-electron chi connectivity index (χ2n) is 2.89. The van der Waals surface area contributed by atoms with Gasteiger partial charge in [-0.15, -0.1) is 0 Å². The van der Waals surface area contributed by atoms with Crippen molar-refractivity contribution < 1.29 is 0 Å². The molecule has 1 aromatic carbocycles. The molecule has 2 N–H and O–H groups in total. The zero-order chi connectivity index (χ0) is 12.8. The minimum absolute atomic E-state index is 0.263. The van der Waals surface area contributed by atoms with Crippen molar-refractivity contribution >= 4 is 45.8 Å². The van der Waals surface area contributed by atoms with Gasteiger partial charge >= 0.3 is 0 Å². The molecule has 0 aliphatic rings. The fourth-order valence-corrected chi connectivity index (χ4v) is 2.04. The average molecular weight is 289 g/mol. The van der Waals surface area contributed by atoms with Crippen LogP contribution in [0.15, 0.2) is 17.1 Å². The normalized spacial score (nSPS) is 11.1. The summed E-state index contributed by atoms with van der Waals surface area (Å²) >= 11 is 13.3. The number of rotatable bonds is 2. The van der Waals surface area contributed by atoms with Crippen LogP contribution < -0.4 is 10.9 Å². The molecule has 0 bridgehead atoms. The Hall–Kier alpha value is -0.930. The topological polar surface area (TPSA) is 60.2 Å². The molecule has 1 aromatic rings. The van der Waals surface area contributed by atoms with E-state index in [2.05, 4.69) is 15.8 Å². The Morgan fingerprint density at radius 2 is 2.00 bits per heavy atom. The lowest BCUT2D eigenvalue weighted by atomic mass is 10.2. The molecule has 0 amide bonds. The van der Waals surface area contributed by atoms with Gasteiger partial charge in [0, 0.05) is 7.05 Å². The fourth-order valence-electron chi connectivity index (χ4n) is 1.08. The minimum atomic E-state index is 0.263. The van der Waals surface area contributed by atoms with Crippen LogP contribution in [0.3, 0.4) is 0 Å². The Bertz CT molecular complexity index is 459. The molecule has 7 heteroatoms. The number of hydrogen-bond donors (Lipinski definition) is 2. The van der Waals surface area contributed by atoms with Crippen molar-refractivity contribution in [2.75, 3.05) is 13.3 Å². The zero-order valence-corrected chi connectivity index (χ0v) is 11.5. The van der Waals surface area contributed by atoms with Crippen LogP contribution in [0.1, 0.15) is 5.56 Å². The molecule has 0 heterocycles. The summed E-state index contributed by atoms with van der Waals surface area (Å²) in [5.41, 5.74) is 6.48. The van der Waals surface area contributed by atoms with Gasteiger partial charge in [-0.1, -0.05) is 35.0 Å². The lowest BCUT2D eigenvalue weighted by molar-refractivity contribution is 0.778. The highest BCUT2D eigenvalue weighted by molar-refractivity contribution is 8.13. The molecule has 0 saturated heterocycles. The lowest BCUT2D eigenvalue weighted by Crippen LogP contribution is -2.31. The molecule has 0 unspecified atom stereocenters. The van der Waals surface area contributed by atoms with Crippen molar-refractivity contribution in [3.05, 3.63) is 27.7 Å². The van der Waals surface area contributed by atoms with Gasteiger partial charge < -0.3 is 5.43 Å². The quantitative estimate of drug-likeness (QED) is 0.499. The summed E-state index contributed by atoms with van der Waals surface area (Å²) in [6.45, 7) is 0. The van der Waals surface area contributed by atoms with E-state index in [4.69, 9.17) is 28.5 Å². The van der Waals surface area contributed by atoms with Gasteiger partial charge in [-0.05, 0) is 18.4 Å². The van der Waals surface area contributed by atoms with Crippen molar-refractivity contribution in [3.63, 3.8) is 0 Å². The number of nitrogens with one attached hydrogen (secondary N) is 2. The van der Waals surface area contributed by atoms with Gasteiger partial charge in [-0.2, -0.15) is 5.26 Å². The number of aliphatic imine (C=N–C) groups is 1. The fraction of sp³-hybridized carbons (Fsp3) is 0.200. The van der Waals surface area contributed by atoms with Crippen molar-refractivity contribution in [2.45, 2.75) is 0 Å². The van der Waals surface area contributed by atoms with Gasteiger partial charge in [0.25, 0.3) is 0 Å². The average Bonchev–Trinajstić information content (AvgIpc) is 2.28. The molecular weight excluding hydrogens is 279 g/mol. The summed E-state index contributed by atoms with van der Waals surface area (Å²) < 4.78 is 0. The van der Waals surface area contributed by atoms with Crippen molar-refractivity contribution in [3.8, 4) is 6.07 Å². The molecule has 0 saturated carbocycles. The van der Waals surface area contributed by atoms with Crippen LogP contribution in [0.25, 0.3) is 0 Å². The minimum Gasteiger partial charge on any atom is -0.301 e. The van der Waals surface area contributed by atoms with E-state index in [1.807, 2.05) is 12.3 Å². The molecule has 0 fully saturated rings. The van der Waals surface area contributed by atoms with Crippen LogP contribution in [0.5, 0.6) is 0 Å². The second-order valence-corrected chi connectivity index (χ2v) is 4.50. The molecule has 17 heavy (non-hydrogen) atoms.